The van der Waals surface area contributed by atoms with Crippen LogP contribution in [0.25, 0.3) is 0 Å². The van der Waals surface area contributed by atoms with E-state index < -0.39 is 5.82 Å². The molecular formula is C17H23ClFN2O+. The van der Waals surface area contributed by atoms with Gasteiger partial charge in [0.05, 0.1) is 23.8 Å². The summed E-state index contributed by atoms with van der Waals surface area (Å²) in [4.78, 5) is 13.6. The number of fused-ring (bicyclic) bond motifs is 1. The monoisotopic (exact) mass is 325 g/mol. The van der Waals surface area contributed by atoms with Crippen molar-refractivity contribution in [3.05, 3.63) is 29.0 Å². The van der Waals surface area contributed by atoms with Crippen LogP contribution in [0.4, 0.5) is 10.1 Å². The Bertz CT molecular complexity index is 551. The molecule has 0 aromatic heterocycles. The van der Waals surface area contributed by atoms with Crippen molar-refractivity contribution in [3.8, 4) is 0 Å². The van der Waals surface area contributed by atoms with Crippen LogP contribution in [-0.4, -0.2) is 25.5 Å². The van der Waals surface area contributed by atoms with Crippen molar-refractivity contribution in [2.75, 3.05) is 25.0 Å². The van der Waals surface area contributed by atoms with Crippen molar-refractivity contribution in [2.24, 2.45) is 11.8 Å². The first kappa shape index (κ1) is 15.8. The molecule has 2 N–H and O–H groups in total. The topological polar surface area (TPSA) is 33.5 Å². The van der Waals surface area contributed by atoms with E-state index in [0.29, 0.717) is 12.2 Å². The van der Waals surface area contributed by atoms with Crippen LogP contribution < -0.4 is 10.2 Å². The molecule has 3 rings (SSSR count). The minimum absolute atomic E-state index is 0.0437. The summed E-state index contributed by atoms with van der Waals surface area (Å²) in [7, 11) is 0. The van der Waals surface area contributed by atoms with Crippen LogP contribution in [0.1, 0.15) is 32.1 Å². The quantitative estimate of drug-likeness (QED) is 0.879. The standard InChI is InChI=1S/C17H22ClFN2O/c18-15-9-14(19)5-6-16(15)20-17(22)11-21-8-7-12-3-1-2-4-13(12)10-21/h5-6,9,12-13H,1-4,7-8,10-11H2,(H,20,22)/p+1/t12-,13-/m1/s1. The van der Waals surface area contributed by atoms with Crippen molar-refractivity contribution in [1.82, 2.24) is 0 Å². The maximum Gasteiger partial charge on any atom is 0.279 e. The molecule has 1 aliphatic heterocycles. The summed E-state index contributed by atoms with van der Waals surface area (Å²) < 4.78 is 13.0. The largest absolute Gasteiger partial charge is 0.327 e. The maximum absolute atomic E-state index is 13.0. The van der Waals surface area contributed by atoms with Crippen LogP contribution in [0.2, 0.25) is 5.02 Å². The van der Waals surface area contributed by atoms with Gasteiger partial charge < -0.3 is 10.2 Å². The molecule has 1 aromatic carbocycles. The molecule has 0 radical (unpaired) electrons. The number of benzene rings is 1. The molecule has 3 atom stereocenters. The molecule has 1 saturated carbocycles. The fraction of sp³-hybridized carbons (Fsp3) is 0.588. The number of hydrogen-bond donors (Lipinski definition) is 2. The third-order valence-electron chi connectivity index (χ3n) is 5.10. The number of quaternary nitrogens is 1. The van der Waals surface area contributed by atoms with E-state index in [2.05, 4.69) is 5.32 Å². The van der Waals surface area contributed by atoms with Crippen LogP contribution >= 0.6 is 11.6 Å². The molecule has 3 nitrogen and oxygen atoms in total. The molecule has 2 fully saturated rings. The molecule has 1 amide bonds. The zero-order valence-corrected chi connectivity index (χ0v) is 13.5. The minimum atomic E-state index is -0.395. The molecule has 1 aliphatic carbocycles. The van der Waals surface area contributed by atoms with Crippen LogP contribution in [0.15, 0.2) is 18.2 Å². The summed E-state index contributed by atoms with van der Waals surface area (Å²) >= 11 is 5.95. The molecule has 2 aliphatic rings. The first-order chi connectivity index (χ1) is 10.6. The van der Waals surface area contributed by atoms with Gasteiger partial charge in [-0.2, -0.15) is 0 Å². The summed E-state index contributed by atoms with van der Waals surface area (Å²) in [6.45, 7) is 2.65. The van der Waals surface area contributed by atoms with Gasteiger partial charge in [-0.1, -0.05) is 24.4 Å². The molecule has 1 heterocycles. The molecule has 0 bridgehead atoms. The Morgan fingerprint density at radius 3 is 2.82 bits per heavy atom. The number of carbonyl (C=O) groups excluding carboxylic acids is 1. The lowest BCUT2D eigenvalue weighted by Gasteiger charge is -2.38. The molecule has 1 saturated heterocycles. The highest BCUT2D eigenvalue weighted by atomic mass is 35.5. The lowest BCUT2D eigenvalue weighted by atomic mass is 9.75. The van der Waals surface area contributed by atoms with Gasteiger partial charge in [0.1, 0.15) is 5.82 Å². The highest BCUT2D eigenvalue weighted by Gasteiger charge is 2.34. The molecule has 1 aromatic rings. The van der Waals surface area contributed by atoms with E-state index >= 15 is 0 Å². The van der Waals surface area contributed by atoms with Gasteiger partial charge in [0, 0.05) is 5.92 Å². The highest BCUT2D eigenvalue weighted by Crippen LogP contribution is 2.32. The normalized spacial score (nSPS) is 28.0. The SMILES string of the molecule is O=C(C[NH+]1CC[C@H]2CCCC[C@@H]2C1)Nc1ccc(F)cc1Cl. The lowest BCUT2D eigenvalue weighted by molar-refractivity contribution is -0.902. The van der Waals surface area contributed by atoms with Crippen molar-refractivity contribution in [3.63, 3.8) is 0 Å². The summed E-state index contributed by atoms with van der Waals surface area (Å²) in [6, 6.07) is 4.04. The number of hydrogen-bond acceptors (Lipinski definition) is 1. The second-order valence-electron chi connectivity index (χ2n) is 6.65. The van der Waals surface area contributed by atoms with E-state index in [1.807, 2.05) is 0 Å². The molecule has 0 spiro atoms. The Kier molecular flexibility index (Phi) is 4.99. The van der Waals surface area contributed by atoms with E-state index in [4.69, 9.17) is 11.6 Å². The molecule has 1 unspecified atom stereocenters. The third kappa shape index (κ3) is 3.79. The summed E-state index contributed by atoms with van der Waals surface area (Å²) in [5.41, 5.74) is 0.486. The van der Waals surface area contributed by atoms with Gasteiger partial charge >= 0.3 is 0 Å². The maximum atomic E-state index is 13.0. The van der Waals surface area contributed by atoms with Gasteiger partial charge in [0.2, 0.25) is 0 Å². The van der Waals surface area contributed by atoms with E-state index in [-0.39, 0.29) is 10.9 Å². The fourth-order valence-electron chi connectivity index (χ4n) is 3.97. The average molecular weight is 326 g/mol. The van der Waals surface area contributed by atoms with Gasteiger partial charge in [-0.25, -0.2) is 4.39 Å². The van der Waals surface area contributed by atoms with Gasteiger partial charge in [0.25, 0.3) is 5.91 Å². The number of anilines is 1. The Balaban J connectivity index is 1.53. The number of amides is 1. The zero-order chi connectivity index (χ0) is 15.5. The summed E-state index contributed by atoms with van der Waals surface area (Å²) in [5.74, 6) is 1.23. The van der Waals surface area contributed by atoms with Crippen molar-refractivity contribution >= 4 is 23.2 Å². The van der Waals surface area contributed by atoms with Crippen molar-refractivity contribution < 1.29 is 14.1 Å². The average Bonchev–Trinajstić information content (AvgIpc) is 2.50. The third-order valence-corrected chi connectivity index (χ3v) is 5.41. The fourth-order valence-corrected chi connectivity index (χ4v) is 4.18. The van der Waals surface area contributed by atoms with Crippen molar-refractivity contribution in [1.29, 1.82) is 0 Å². The van der Waals surface area contributed by atoms with E-state index in [9.17, 15) is 9.18 Å². The smallest absolute Gasteiger partial charge is 0.279 e. The number of piperidine rings is 1. The lowest BCUT2D eigenvalue weighted by Crippen LogP contribution is -3.15. The number of halogens is 2. The highest BCUT2D eigenvalue weighted by molar-refractivity contribution is 6.33. The number of nitrogens with one attached hydrogen (secondary N) is 2. The Labute approximate surface area is 135 Å². The predicted molar refractivity (Wildman–Crippen MR) is 85.7 cm³/mol. The van der Waals surface area contributed by atoms with E-state index in [1.54, 1.807) is 0 Å². The van der Waals surface area contributed by atoms with E-state index in [1.165, 1.54) is 55.2 Å². The van der Waals surface area contributed by atoms with Crippen LogP contribution in [0.3, 0.4) is 0 Å². The molecule has 120 valence electrons. The first-order valence-corrected chi connectivity index (χ1v) is 8.58. The van der Waals surface area contributed by atoms with Gasteiger partial charge in [-0.15, -0.1) is 0 Å². The van der Waals surface area contributed by atoms with Crippen LogP contribution in [-0.2, 0) is 4.79 Å². The Morgan fingerprint density at radius 2 is 2.05 bits per heavy atom. The van der Waals surface area contributed by atoms with Gasteiger partial charge in [-0.05, 0) is 43.4 Å². The molecule has 22 heavy (non-hydrogen) atoms. The second-order valence-corrected chi connectivity index (χ2v) is 7.05. The Hall–Kier alpha value is -1.13. The van der Waals surface area contributed by atoms with Gasteiger partial charge in [-0.3, -0.25) is 4.79 Å². The summed E-state index contributed by atoms with van der Waals surface area (Å²) in [6.07, 6.45) is 6.64. The molecule has 5 heteroatoms. The van der Waals surface area contributed by atoms with E-state index in [0.717, 1.165) is 24.9 Å². The molecular weight excluding hydrogens is 303 g/mol. The van der Waals surface area contributed by atoms with Gasteiger partial charge in [0.15, 0.2) is 6.54 Å². The number of rotatable bonds is 3. The predicted octanol–water partition coefficient (Wildman–Crippen LogP) is 2.51. The number of carbonyl (C=O) groups is 1. The van der Waals surface area contributed by atoms with Crippen molar-refractivity contribution in [2.45, 2.75) is 32.1 Å². The number of likely N-dealkylation sites (tertiary alicyclic amines) is 1. The minimum Gasteiger partial charge on any atom is -0.327 e. The second kappa shape index (κ2) is 6.97. The zero-order valence-electron chi connectivity index (χ0n) is 12.7. The Morgan fingerprint density at radius 1 is 1.27 bits per heavy atom. The van der Waals surface area contributed by atoms with Crippen LogP contribution in [0.5, 0.6) is 0 Å². The summed E-state index contributed by atoms with van der Waals surface area (Å²) in [5, 5.41) is 3.04. The van der Waals surface area contributed by atoms with Crippen LogP contribution in [0, 0.1) is 17.7 Å². The first-order valence-electron chi connectivity index (χ1n) is 8.20.